The zero-order valence-corrected chi connectivity index (χ0v) is 12.3. The molecule has 0 unspecified atom stereocenters. The fourth-order valence-corrected chi connectivity index (χ4v) is 1.90. The fraction of sp³-hybridized carbons (Fsp3) is 0.0588. The normalized spacial score (nSPS) is 10.9. The van der Waals surface area contributed by atoms with Gasteiger partial charge in [0.2, 0.25) is 0 Å². The summed E-state index contributed by atoms with van der Waals surface area (Å²) in [5.74, 6) is -1.67. The van der Waals surface area contributed by atoms with E-state index >= 15 is 0 Å². The number of aliphatic carboxylic acids is 1. The first kappa shape index (κ1) is 16.1. The van der Waals surface area contributed by atoms with E-state index in [1.807, 2.05) is 0 Å². The second-order valence-corrected chi connectivity index (χ2v) is 4.61. The van der Waals surface area contributed by atoms with Crippen LogP contribution in [0.1, 0.15) is 15.9 Å². The quantitative estimate of drug-likeness (QED) is 0.736. The number of aromatic hydroxyl groups is 1. The van der Waals surface area contributed by atoms with E-state index in [0.29, 0.717) is 11.1 Å². The van der Waals surface area contributed by atoms with Crippen LogP contribution in [0.4, 0.5) is 0 Å². The van der Waals surface area contributed by atoms with Crippen molar-refractivity contribution in [1.29, 1.82) is 0 Å². The van der Waals surface area contributed by atoms with Gasteiger partial charge in [0.1, 0.15) is 5.70 Å². The average molecular weight is 313 g/mol. The second-order valence-electron chi connectivity index (χ2n) is 4.61. The van der Waals surface area contributed by atoms with Gasteiger partial charge in [-0.2, -0.15) is 0 Å². The van der Waals surface area contributed by atoms with E-state index in [9.17, 15) is 19.8 Å². The van der Waals surface area contributed by atoms with Gasteiger partial charge in [-0.15, -0.1) is 0 Å². The van der Waals surface area contributed by atoms with Crippen LogP contribution >= 0.6 is 0 Å². The van der Waals surface area contributed by atoms with Crippen molar-refractivity contribution < 1.29 is 24.5 Å². The molecule has 23 heavy (non-hydrogen) atoms. The third kappa shape index (κ3) is 4.10. The predicted octanol–water partition coefficient (Wildman–Crippen LogP) is 2.26. The van der Waals surface area contributed by atoms with E-state index in [-0.39, 0.29) is 17.2 Å². The number of nitrogens with one attached hydrogen (secondary N) is 1. The summed E-state index contributed by atoms with van der Waals surface area (Å²) < 4.78 is 4.92. The highest BCUT2D eigenvalue weighted by molar-refractivity contribution is 6.02. The van der Waals surface area contributed by atoms with Crippen molar-refractivity contribution in [3.63, 3.8) is 0 Å². The highest BCUT2D eigenvalue weighted by Crippen LogP contribution is 2.27. The third-order valence-corrected chi connectivity index (χ3v) is 3.03. The molecular formula is C17H15NO5. The molecule has 0 aromatic heterocycles. The molecule has 0 aliphatic rings. The zero-order valence-electron chi connectivity index (χ0n) is 12.3. The molecule has 0 aliphatic carbocycles. The number of hydrogen-bond acceptors (Lipinski definition) is 4. The summed E-state index contributed by atoms with van der Waals surface area (Å²) in [6, 6.07) is 12.7. The largest absolute Gasteiger partial charge is 0.504 e. The molecule has 2 rings (SSSR count). The Hall–Kier alpha value is -3.28. The van der Waals surface area contributed by atoms with Crippen molar-refractivity contribution in [1.82, 2.24) is 5.32 Å². The lowest BCUT2D eigenvalue weighted by atomic mass is 10.1. The van der Waals surface area contributed by atoms with Gasteiger partial charge in [0.15, 0.2) is 11.5 Å². The number of carbonyl (C=O) groups excluding carboxylic acids is 1. The van der Waals surface area contributed by atoms with Gasteiger partial charge in [0, 0.05) is 5.56 Å². The summed E-state index contributed by atoms with van der Waals surface area (Å²) in [5, 5.41) is 21.3. The van der Waals surface area contributed by atoms with Crippen molar-refractivity contribution >= 4 is 18.0 Å². The van der Waals surface area contributed by atoms with Crippen LogP contribution in [0, 0.1) is 0 Å². The van der Waals surface area contributed by atoms with Crippen molar-refractivity contribution in [2.75, 3.05) is 7.11 Å². The lowest BCUT2D eigenvalue weighted by Gasteiger charge is -2.07. The van der Waals surface area contributed by atoms with Gasteiger partial charge < -0.3 is 20.3 Å². The van der Waals surface area contributed by atoms with Crippen LogP contribution in [-0.4, -0.2) is 29.2 Å². The molecule has 0 aliphatic heterocycles. The number of carbonyl (C=O) groups is 2. The molecule has 0 heterocycles. The third-order valence-electron chi connectivity index (χ3n) is 3.03. The van der Waals surface area contributed by atoms with E-state index < -0.39 is 11.9 Å². The molecule has 2 aromatic rings. The molecule has 0 radical (unpaired) electrons. The first-order valence-corrected chi connectivity index (χ1v) is 6.69. The molecule has 118 valence electrons. The SMILES string of the molecule is COc1ccc(C=C(NC(=O)c2ccccc2)C(=O)O)cc1O. The Morgan fingerprint density at radius 3 is 2.39 bits per heavy atom. The maximum Gasteiger partial charge on any atom is 0.352 e. The Kier molecular flexibility index (Phi) is 4.99. The number of methoxy groups -OCH3 is 1. The molecular weight excluding hydrogens is 298 g/mol. The van der Waals surface area contributed by atoms with Crippen molar-refractivity contribution in [2.45, 2.75) is 0 Å². The van der Waals surface area contributed by atoms with Crippen molar-refractivity contribution in [2.24, 2.45) is 0 Å². The molecule has 0 spiro atoms. The Balaban J connectivity index is 2.26. The second kappa shape index (κ2) is 7.13. The van der Waals surface area contributed by atoms with Gasteiger partial charge in [0.05, 0.1) is 7.11 Å². The summed E-state index contributed by atoms with van der Waals surface area (Å²) >= 11 is 0. The summed E-state index contributed by atoms with van der Waals surface area (Å²) in [6.45, 7) is 0. The van der Waals surface area contributed by atoms with Crippen molar-refractivity contribution in [3.8, 4) is 11.5 Å². The number of carboxylic acids is 1. The van der Waals surface area contributed by atoms with Crippen LogP contribution in [0.3, 0.4) is 0 Å². The number of rotatable bonds is 5. The highest BCUT2D eigenvalue weighted by atomic mass is 16.5. The molecule has 0 fully saturated rings. The minimum Gasteiger partial charge on any atom is -0.504 e. The van der Waals surface area contributed by atoms with Crippen LogP contribution in [-0.2, 0) is 4.79 Å². The van der Waals surface area contributed by atoms with Crippen molar-refractivity contribution in [3.05, 3.63) is 65.4 Å². The number of phenols is 1. The Labute approximate surface area is 132 Å². The molecule has 0 saturated carbocycles. The standard InChI is InChI=1S/C17H15NO5/c1-23-15-8-7-11(10-14(15)19)9-13(17(21)22)18-16(20)12-5-3-2-4-6-12/h2-10,19H,1H3,(H,18,20)(H,21,22). The van der Waals surface area contributed by atoms with Crippen LogP contribution in [0.25, 0.3) is 6.08 Å². The minimum absolute atomic E-state index is 0.125. The van der Waals surface area contributed by atoms with Gasteiger partial charge in [0.25, 0.3) is 5.91 Å². The van der Waals surface area contributed by atoms with E-state index in [0.717, 1.165) is 0 Å². The monoisotopic (exact) mass is 313 g/mol. The van der Waals surface area contributed by atoms with Gasteiger partial charge in [-0.05, 0) is 35.9 Å². The number of benzene rings is 2. The number of hydrogen-bond donors (Lipinski definition) is 3. The summed E-state index contributed by atoms with van der Waals surface area (Å²) in [6.07, 6.45) is 1.25. The lowest BCUT2D eigenvalue weighted by molar-refractivity contribution is -0.132. The van der Waals surface area contributed by atoms with E-state index in [1.165, 1.54) is 25.3 Å². The maximum atomic E-state index is 12.0. The molecule has 3 N–H and O–H groups in total. The first-order valence-electron chi connectivity index (χ1n) is 6.69. The first-order chi connectivity index (χ1) is 11.0. The number of ether oxygens (including phenoxy) is 1. The van der Waals surface area contributed by atoms with Crippen LogP contribution in [0.15, 0.2) is 54.2 Å². The molecule has 0 saturated heterocycles. The molecule has 6 heteroatoms. The van der Waals surface area contributed by atoms with E-state index in [1.54, 1.807) is 36.4 Å². The van der Waals surface area contributed by atoms with Gasteiger partial charge in [-0.3, -0.25) is 4.79 Å². The number of phenolic OH excluding ortho intramolecular Hbond substituents is 1. The van der Waals surface area contributed by atoms with Crippen LogP contribution < -0.4 is 10.1 Å². The number of amides is 1. The van der Waals surface area contributed by atoms with Crippen LogP contribution in [0.5, 0.6) is 11.5 Å². The van der Waals surface area contributed by atoms with Gasteiger partial charge >= 0.3 is 5.97 Å². The van der Waals surface area contributed by atoms with Crippen LogP contribution in [0.2, 0.25) is 0 Å². The van der Waals surface area contributed by atoms with E-state index in [2.05, 4.69) is 5.32 Å². The highest BCUT2D eigenvalue weighted by Gasteiger charge is 2.13. The number of carboxylic acid groups (broad SMARTS) is 1. The minimum atomic E-state index is -1.29. The Bertz CT molecular complexity index is 753. The molecule has 2 aromatic carbocycles. The summed E-state index contributed by atoms with van der Waals surface area (Å²) in [4.78, 5) is 23.3. The van der Waals surface area contributed by atoms with E-state index in [4.69, 9.17) is 4.74 Å². The zero-order chi connectivity index (χ0) is 16.8. The maximum absolute atomic E-state index is 12.0. The topological polar surface area (TPSA) is 95.9 Å². The fourth-order valence-electron chi connectivity index (χ4n) is 1.90. The molecule has 1 amide bonds. The molecule has 6 nitrogen and oxygen atoms in total. The predicted molar refractivity (Wildman–Crippen MR) is 84.2 cm³/mol. The Morgan fingerprint density at radius 1 is 1.13 bits per heavy atom. The summed E-state index contributed by atoms with van der Waals surface area (Å²) in [5.41, 5.74) is 0.453. The molecule has 0 atom stereocenters. The smallest absolute Gasteiger partial charge is 0.352 e. The molecule has 0 bridgehead atoms. The Morgan fingerprint density at radius 2 is 1.83 bits per heavy atom. The average Bonchev–Trinajstić information content (AvgIpc) is 2.55. The lowest BCUT2D eigenvalue weighted by Crippen LogP contribution is -2.27. The van der Waals surface area contributed by atoms with Gasteiger partial charge in [-0.1, -0.05) is 24.3 Å². The summed E-state index contributed by atoms with van der Waals surface area (Å²) in [7, 11) is 1.41. The van der Waals surface area contributed by atoms with Gasteiger partial charge in [-0.25, -0.2) is 4.79 Å².